The maximum Gasteiger partial charge on any atom is 0.251 e. The first-order chi connectivity index (χ1) is 14.0. The summed E-state index contributed by atoms with van der Waals surface area (Å²) in [5.41, 5.74) is 4.31. The van der Waals surface area contributed by atoms with Gasteiger partial charge in [0, 0.05) is 16.9 Å². The lowest BCUT2D eigenvalue weighted by Gasteiger charge is -2.14. The number of aryl methyl sites for hydroxylation is 1. The molecule has 3 aromatic carbocycles. The van der Waals surface area contributed by atoms with Crippen LogP contribution in [0.25, 0.3) is 0 Å². The normalized spacial score (nSPS) is 11.4. The van der Waals surface area contributed by atoms with Crippen molar-refractivity contribution in [2.75, 3.05) is 17.2 Å². The number of hydrogen-bond donors (Lipinski definition) is 3. The van der Waals surface area contributed by atoms with E-state index in [2.05, 4.69) is 16.0 Å². The van der Waals surface area contributed by atoms with Gasteiger partial charge >= 0.3 is 0 Å². The van der Waals surface area contributed by atoms with Crippen LogP contribution in [0.5, 0.6) is 0 Å². The fourth-order valence-electron chi connectivity index (χ4n) is 2.87. The Hall–Kier alpha value is -3.60. The van der Waals surface area contributed by atoms with E-state index in [1.807, 2.05) is 68.4 Å². The molecule has 0 heterocycles. The summed E-state index contributed by atoms with van der Waals surface area (Å²) in [6.45, 7) is 4.10. The molecule has 0 saturated carbocycles. The second-order valence-corrected chi connectivity index (χ2v) is 6.95. The van der Waals surface area contributed by atoms with Crippen LogP contribution >= 0.6 is 0 Å². The van der Waals surface area contributed by atoms with Crippen LogP contribution in [-0.2, 0) is 4.79 Å². The molecule has 0 saturated heterocycles. The zero-order valence-corrected chi connectivity index (χ0v) is 16.6. The van der Waals surface area contributed by atoms with Gasteiger partial charge in [0.05, 0.1) is 12.6 Å². The second kappa shape index (κ2) is 9.55. The van der Waals surface area contributed by atoms with Crippen LogP contribution in [0.1, 0.15) is 34.5 Å². The maximum absolute atomic E-state index is 12.4. The van der Waals surface area contributed by atoms with Crippen LogP contribution in [0.2, 0.25) is 0 Å². The van der Waals surface area contributed by atoms with E-state index in [1.54, 1.807) is 24.3 Å². The number of hydrogen-bond acceptors (Lipinski definition) is 3. The van der Waals surface area contributed by atoms with Crippen molar-refractivity contribution >= 4 is 23.2 Å². The molecule has 2 amide bonds. The molecule has 148 valence electrons. The van der Waals surface area contributed by atoms with Gasteiger partial charge in [0.2, 0.25) is 5.91 Å². The Morgan fingerprint density at radius 3 is 2.10 bits per heavy atom. The Bertz CT molecular complexity index is 952. The zero-order chi connectivity index (χ0) is 20.6. The number of anilines is 2. The third-order valence-electron chi connectivity index (χ3n) is 4.58. The van der Waals surface area contributed by atoms with Crippen molar-refractivity contribution in [3.63, 3.8) is 0 Å². The fourth-order valence-corrected chi connectivity index (χ4v) is 2.87. The molecule has 0 aliphatic carbocycles. The molecule has 3 N–H and O–H groups in total. The molecule has 0 aliphatic heterocycles. The van der Waals surface area contributed by atoms with Crippen LogP contribution in [0, 0.1) is 6.92 Å². The van der Waals surface area contributed by atoms with Crippen LogP contribution in [0.4, 0.5) is 11.4 Å². The minimum absolute atomic E-state index is 0.0769. The monoisotopic (exact) mass is 387 g/mol. The first-order valence-corrected chi connectivity index (χ1v) is 9.57. The minimum Gasteiger partial charge on any atom is -0.376 e. The average molecular weight is 387 g/mol. The summed E-state index contributed by atoms with van der Waals surface area (Å²) >= 11 is 0. The van der Waals surface area contributed by atoms with Gasteiger partial charge in [-0.1, -0.05) is 48.0 Å². The van der Waals surface area contributed by atoms with Crippen molar-refractivity contribution in [2.45, 2.75) is 19.9 Å². The predicted molar refractivity (Wildman–Crippen MR) is 117 cm³/mol. The second-order valence-electron chi connectivity index (χ2n) is 6.95. The van der Waals surface area contributed by atoms with E-state index in [4.69, 9.17) is 0 Å². The van der Waals surface area contributed by atoms with Crippen LogP contribution in [0.3, 0.4) is 0 Å². The molecule has 1 unspecified atom stereocenters. The Kier molecular flexibility index (Phi) is 6.63. The Morgan fingerprint density at radius 1 is 0.828 bits per heavy atom. The number of benzene rings is 3. The van der Waals surface area contributed by atoms with Gasteiger partial charge in [0.1, 0.15) is 0 Å². The van der Waals surface area contributed by atoms with Gasteiger partial charge in [0.25, 0.3) is 5.91 Å². The van der Waals surface area contributed by atoms with Crippen LogP contribution in [0.15, 0.2) is 78.9 Å². The highest BCUT2D eigenvalue weighted by atomic mass is 16.2. The summed E-state index contributed by atoms with van der Waals surface area (Å²) in [7, 11) is 0. The fraction of sp³-hybridized carbons (Fsp3) is 0.167. The quantitative estimate of drug-likeness (QED) is 0.558. The third kappa shape index (κ3) is 5.94. The van der Waals surface area contributed by atoms with Crippen molar-refractivity contribution in [3.05, 3.63) is 95.6 Å². The van der Waals surface area contributed by atoms with Crippen molar-refractivity contribution in [1.82, 2.24) is 5.32 Å². The van der Waals surface area contributed by atoms with Crippen molar-refractivity contribution in [1.29, 1.82) is 0 Å². The molecule has 3 aromatic rings. The highest BCUT2D eigenvalue weighted by Crippen LogP contribution is 2.14. The number of carbonyl (C=O) groups is 2. The first-order valence-electron chi connectivity index (χ1n) is 9.57. The molecule has 29 heavy (non-hydrogen) atoms. The van der Waals surface area contributed by atoms with Gasteiger partial charge in [-0.05, 0) is 55.8 Å². The molecule has 0 bridgehead atoms. The summed E-state index contributed by atoms with van der Waals surface area (Å²) in [6, 6.07) is 24.5. The van der Waals surface area contributed by atoms with E-state index >= 15 is 0 Å². The highest BCUT2D eigenvalue weighted by molar-refractivity contribution is 5.95. The summed E-state index contributed by atoms with van der Waals surface area (Å²) < 4.78 is 0. The molecule has 0 spiro atoms. The van der Waals surface area contributed by atoms with Crippen molar-refractivity contribution in [3.8, 4) is 0 Å². The van der Waals surface area contributed by atoms with E-state index in [-0.39, 0.29) is 24.4 Å². The minimum atomic E-state index is -0.134. The molecule has 1 atom stereocenters. The van der Waals surface area contributed by atoms with Crippen molar-refractivity contribution < 1.29 is 9.59 Å². The number of nitrogens with one attached hydrogen (secondary N) is 3. The largest absolute Gasteiger partial charge is 0.376 e. The van der Waals surface area contributed by atoms with Gasteiger partial charge < -0.3 is 16.0 Å². The molecule has 3 rings (SSSR count). The topological polar surface area (TPSA) is 70.2 Å². The van der Waals surface area contributed by atoms with E-state index < -0.39 is 0 Å². The van der Waals surface area contributed by atoms with Gasteiger partial charge in [-0.25, -0.2) is 0 Å². The first kappa shape index (κ1) is 20.1. The molecule has 0 fully saturated rings. The molecule has 0 aliphatic rings. The van der Waals surface area contributed by atoms with Crippen LogP contribution < -0.4 is 16.0 Å². The van der Waals surface area contributed by atoms with Gasteiger partial charge in [-0.15, -0.1) is 0 Å². The molecule has 0 radical (unpaired) electrons. The maximum atomic E-state index is 12.4. The summed E-state index contributed by atoms with van der Waals surface area (Å²) in [5.74, 6) is -0.266. The zero-order valence-electron chi connectivity index (χ0n) is 16.6. The van der Waals surface area contributed by atoms with Gasteiger partial charge in [-0.2, -0.15) is 0 Å². The van der Waals surface area contributed by atoms with Gasteiger partial charge in [0.15, 0.2) is 0 Å². The highest BCUT2D eigenvalue weighted by Gasteiger charge is 2.11. The standard InChI is InChI=1S/C24H25N3O2/c1-17-8-12-22(13-9-17)27-23(28)16-25-21-14-10-20(11-15-21)24(29)26-18(2)19-6-4-3-5-7-19/h3-15,18,25H,16H2,1-2H3,(H,26,29)(H,27,28). The van der Waals surface area contributed by atoms with Crippen molar-refractivity contribution in [2.24, 2.45) is 0 Å². The number of rotatable bonds is 7. The van der Waals surface area contributed by atoms with Gasteiger partial charge in [-0.3, -0.25) is 9.59 Å². The number of amides is 2. The smallest absolute Gasteiger partial charge is 0.251 e. The van der Waals surface area contributed by atoms with E-state index in [9.17, 15) is 9.59 Å². The third-order valence-corrected chi connectivity index (χ3v) is 4.58. The van der Waals surface area contributed by atoms with E-state index in [1.165, 1.54) is 0 Å². The van der Waals surface area contributed by atoms with Crippen LogP contribution in [-0.4, -0.2) is 18.4 Å². The Labute approximate surface area is 171 Å². The molecule has 5 heteroatoms. The molecular formula is C24H25N3O2. The Morgan fingerprint density at radius 2 is 1.45 bits per heavy atom. The van der Waals surface area contributed by atoms with E-state index in [0.29, 0.717) is 5.56 Å². The number of carbonyl (C=O) groups excluding carboxylic acids is 2. The summed E-state index contributed by atoms with van der Waals surface area (Å²) in [4.78, 5) is 24.5. The predicted octanol–water partition coefficient (Wildman–Crippen LogP) is 4.54. The lowest BCUT2D eigenvalue weighted by Crippen LogP contribution is -2.26. The molecule has 0 aromatic heterocycles. The SMILES string of the molecule is Cc1ccc(NC(=O)CNc2ccc(C(=O)NC(C)c3ccccc3)cc2)cc1. The average Bonchev–Trinajstić information content (AvgIpc) is 2.75. The van der Waals surface area contributed by atoms with E-state index in [0.717, 1.165) is 22.5 Å². The lowest BCUT2D eigenvalue weighted by molar-refractivity contribution is -0.114. The Balaban J connectivity index is 1.49. The molecular weight excluding hydrogens is 362 g/mol. The summed E-state index contributed by atoms with van der Waals surface area (Å²) in [5, 5.41) is 8.90. The molecule has 5 nitrogen and oxygen atoms in total. The summed E-state index contributed by atoms with van der Waals surface area (Å²) in [6.07, 6.45) is 0. The lowest BCUT2D eigenvalue weighted by atomic mass is 10.1.